The fourth-order valence-corrected chi connectivity index (χ4v) is 14.4. The number of hydrogen-bond acceptors (Lipinski definition) is 15. The van der Waals surface area contributed by atoms with Crippen LogP contribution in [0.1, 0.15) is 434 Å². The summed E-state index contributed by atoms with van der Waals surface area (Å²) in [6.45, 7) is 12.0. The summed E-state index contributed by atoms with van der Waals surface area (Å²) >= 11 is 0. The highest BCUT2D eigenvalue weighted by atomic mass is 31.2. The topological polar surface area (TPSA) is 237 Å². The minimum Gasteiger partial charge on any atom is -0.462 e. The second-order valence-corrected chi connectivity index (χ2v) is 34.2. The fraction of sp³-hybridized carbons (Fsp3) is 0.952. The summed E-state index contributed by atoms with van der Waals surface area (Å²) in [5.74, 6) is 0.229. The zero-order valence-electron chi connectivity index (χ0n) is 67.1. The molecule has 5 atom stereocenters. The molecule has 0 aromatic rings. The average molecular weight is 1490 g/mol. The van der Waals surface area contributed by atoms with Crippen molar-refractivity contribution in [2.24, 2.45) is 17.8 Å². The van der Waals surface area contributed by atoms with Gasteiger partial charge in [0.2, 0.25) is 0 Å². The summed E-state index contributed by atoms with van der Waals surface area (Å²) in [5.41, 5.74) is 0. The number of aliphatic hydroxyl groups is 1. The molecule has 2 unspecified atom stereocenters. The van der Waals surface area contributed by atoms with E-state index in [1.807, 2.05) is 0 Å². The molecule has 0 bridgehead atoms. The Morgan fingerprint density at radius 2 is 0.451 bits per heavy atom. The maximum Gasteiger partial charge on any atom is 0.472 e. The van der Waals surface area contributed by atoms with Crippen LogP contribution in [0.25, 0.3) is 0 Å². The molecule has 0 spiro atoms. The largest absolute Gasteiger partial charge is 0.472 e. The standard InChI is InChI=1S/C83H162O17P2/c1-8-9-10-11-12-13-14-31-37-44-52-59-66-82(87)100-79(71-94-81(86)65-58-51-46-39-42-49-56-63-76(6)7)73-98-102(91,92)96-69-77(84)68-95-101(89,90)97-72-78(70-93-80(85)64-57-50-43-36-32-27-23-20-19-22-26-30-35-41-48-55-62-75(4)5)99-83(88)67-60-53-45-38-33-28-24-18-16-15-17-21-25-29-34-40-47-54-61-74(2)3/h74-79,84H,8-73H2,1-7H3,(H,89,90)(H,91,92)/t77-,78-,79-/m1/s1. The van der Waals surface area contributed by atoms with Gasteiger partial charge < -0.3 is 33.8 Å². The van der Waals surface area contributed by atoms with Crippen LogP contribution in [0.3, 0.4) is 0 Å². The molecule has 0 rings (SSSR count). The Balaban J connectivity index is 5.21. The van der Waals surface area contributed by atoms with Crippen molar-refractivity contribution in [2.45, 2.75) is 452 Å². The van der Waals surface area contributed by atoms with E-state index >= 15 is 0 Å². The van der Waals surface area contributed by atoms with Gasteiger partial charge in [-0.25, -0.2) is 9.13 Å². The Hall–Kier alpha value is -1.94. The van der Waals surface area contributed by atoms with Gasteiger partial charge in [0.25, 0.3) is 0 Å². The molecule has 0 aromatic carbocycles. The summed E-state index contributed by atoms with van der Waals surface area (Å²) in [4.78, 5) is 73.0. The van der Waals surface area contributed by atoms with Crippen molar-refractivity contribution in [2.75, 3.05) is 39.6 Å². The molecule has 0 aliphatic heterocycles. The van der Waals surface area contributed by atoms with Gasteiger partial charge in [-0.15, -0.1) is 0 Å². The number of rotatable bonds is 81. The molecule has 19 heteroatoms. The molecule has 0 radical (unpaired) electrons. The van der Waals surface area contributed by atoms with E-state index in [4.69, 9.17) is 37.0 Å². The smallest absolute Gasteiger partial charge is 0.462 e. The summed E-state index contributed by atoms with van der Waals surface area (Å²) < 4.78 is 68.7. The molecule has 0 aromatic heterocycles. The summed E-state index contributed by atoms with van der Waals surface area (Å²) in [6.07, 6.45) is 62.6. The number of carbonyl (C=O) groups is 4. The van der Waals surface area contributed by atoms with E-state index < -0.39 is 97.5 Å². The second kappa shape index (κ2) is 73.2. The van der Waals surface area contributed by atoms with Gasteiger partial charge in [0.15, 0.2) is 12.2 Å². The highest BCUT2D eigenvalue weighted by molar-refractivity contribution is 7.47. The van der Waals surface area contributed by atoms with Crippen LogP contribution in [-0.2, 0) is 65.4 Å². The van der Waals surface area contributed by atoms with E-state index in [-0.39, 0.29) is 25.7 Å². The van der Waals surface area contributed by atoms with E-state index in [9.17, 15) is 43.2 Å². The number of aliphatic hydroxyl groups excluding tert-OH is 1. The number of hydrogen-bond donors (Lipinski definition) is 3. The number of esters is 4. The number of unbranched alkanes of at least 4 members (excludes halogenated alkanes) is 49. The van der Waals surface area contributed by atoms with Crippen LogP contribution in [0.5, 0.6) is 0 Å². The lowest BCUT2D eigenvalue weighted by Crippen LogP contribution is -2.30. The molecule has 606 valence electrons. The molecule has 17 nitrogen and oxygen atoms in total. The van der Waals surface area contributed by atoms with Crippen molar-refractivity contribution < 1.29 is 80.2 Å². The maximum absolute atomic E-state index is 13.1. The van der Waals surface area contributed by atoms with Gasteiger partial charge in [0.1, 0.15) is 19.3 Å². The molecule has 0 fully saturated rings. The Kier molecular flexibility index (Phi) is 71.8. The van der Waals surface area contributed by atoms with Crippen molar-refractivity contribution in [3.63, 3.8) is 0 Å². The summed E-state index contributed by atoms with van der Waals surface area (Å²) in [7, 11) is -9.92. The molecule has 102 heavy (non-hydrogen) atoms. The Morgan fingerprint density at radius 1 is 0.265 bits per heavy atom. The third-order valence-corrected chi connectivity index (χ3v) is 21.3. The minimum absolute atomic E-state index is 0.107. The van der Waals surface area contributed by atoms with E-state index in [0.29, 0.717) is 31.6 Å². The number of phosphoric acid groups is 2. The number of carbonyl (C=O) groups excluding carboxylic acids is 4. The molecular formula is C83H162O17P2. The van der Waals surface area contributed by atoms with Crippen molar-refractivity contribution >= 4 is 39.5 Å². The number of ether oxygens (including phenoxy) is 4. The van der Waals surface area contributed by atoms with E-state index in [2.05, 4.69) is 48.5 Å². The fourth-order valence-electron chi connectivity index (χ4n) is 12.8. The minimum atomic E-state index is -4.96. The van der Waals surface area contributed by atoms with Gasteiger partial charge in [-0.3, -0.25) is 37.3 Å². The normalized spacial score (nSPS) is 13.9. The molecule has 0 saturated carbocycles. The van der Waals surface area contributed by atoms with Gasteiger partial charge in [-0.05, 0) is 43.4 Å². The van der Waals surface area contributed by atoms with Gasteiger partial charge in [-0.1, -0.05) is 382 Å². The first-order valence-electron chi connectivity index (χ1n) is 42.8. The quantitative estimate of drug-likeness (QED) is 0.0222. The predicted octanol–water partition coefficient (Wildman–Crippen LogP) is 24.9. The van der Waals surface area contributed by atoms with Crippen LogP contribution < -0.4 is 0 Å². The average Bonchev–Trinajstić information content (AvgIpc) is 0.980. The zero-order chi connectivity index (χ0) is 75.1. The first kappa shape index (κ1) is 100. The highest BCUT2D eigenvalue weighted by Gasteiger charge is 2.30. The third kappa shape index (κ3) is 76.3. The van der Waals surface area contributed by atoms with Crippen molar-refractivity contribution in [3.8, 4) is 0 Å². The summed E-state index contributed by atoms with van der Waals surface area (Å²) in [5, 5.41) is 10.6. The Labute approximate surface area is 626 Å². The monoisotopic (exact) mass is 1490 g/mol. The zero-order valence-corrected chi connectivity index (χ0v) is 68.9. The molecular weight excluding hydrogens is 1330 g/mol. The molecule has 0 aliphatic rings. The molecule has 3 N–H and O–H groups in total. The van der Waals surface area contributed by atoms with Gasteiger partial charge in [0.05, 0.1) is 26.4 Å². The van der Waals surface area contributed by atoms with Gasteiger partial charge >= 0.3 is 39.5 Å². The lowest BCUT2D eigenvalue weighted by molar-refractivity contribution is -0.161. The van der Waals surface area contributed by atoms with Crippen molar-refractivity contribution in [3.05, 3.63) is 0 Å². The van der Waals surface area contributed by atoms with Crippen molar-refractivity contribution in [1.82, 2.24) is 0 Å². The summed E-state index contributed by atoms with van der Waals surface area (Å²) in [6, 6.07) is 0. The Morgan fingerprint density at radius 3 is 0.667 bits per heavy atom. The van der Waals surface area contributed by atoms with Crippen molar-refractivity contribution in [1.29, 1.82) is 0 Å². The first-order valence-corrected chi connectivity index (χ1v) is 45.8. The predicted molar refractivity (Wildman–Crippen MR) is 418 cm³/mol. The molecule has 0 saturated heterocycles. The van der Waals surface area contributed by atoms with E-state index in [0.717, 1.165) is 108 Å². The van der Waals surface area contributed by atoms with Crippen LogP contribution in [0.2, 0.25) is 0 Å². The van der Waals surface area contributed by atoms with Gasteiger partial charge in [0, 0.05) is 25.7 Å². The van der Waals surface area contributed by atoms with E-state index in [1.165, 1.54) is 238 Å². The second-order valence-electron chi connectivity index (χ2n) is 31.3. The molecule has 0 amide bonds. The van der Waals surface area contributed by atoms with Crippen LogP contribution in [-0.4, -0.2) is 96.7 Å². The van der Waals surface area contributed by atoms with Crippen LogP contribution in [0, 0.1) is 17.8 Å². The van der Waals surface area contributed by atoms with Crippen LogP contribution >= 0.6 is 15.6 Å². The Bertz CT molecular complexity index is 1970. The van der Waals surface area contributed by atoms with Crippen LogP contribution in [0.4, 0.5) is 0 Å². The number of phosphoric ester groups is 2. The first-order chi connectivity index (χ1) is 49.2. The molecule has 0 heterocycles. The lowest BCUT2D eigenvalue weighted by Gasteiger charge is -2.21. The SMILES string of the molecule is CCCCCCCCCCCCCCC(=O)O[C@H](COC(=O)CCCCCCCCCC(C)C)COP(=O)(O)OC[C@H](O)COP(=O)(O)OC[C@@H](COC(=O)CCCCCCCCCCCCCCCCCCC(C)C)OC(=O)CCCCCCCCCCCCCCCCCCCCC(C)C. The highest BCUT2D eigenvalue weighted by Crippen LogP contribution is 2.45. The maximum atomic E-state index is 13.1. The molecule has 0 aliphatic carbocycles. The van der Waals surface area contributed by atoms with E-state index in [1.54, 1.807) is 0 Å². The third-order valence-electron chi connectivity index (χ3n) is 19.4. The van der Waals surface area contributed by atoms with Crippen LogP contribution in [0.15, 0.2) is 0 Å². The van der Waals surface area contributed by atoms with Gasteiger partial charge in [-0.2, -0.15) is 0 Å². The lowest BCUT2D eigenvalue weighted by atomic mass is 10.0.